The fourth-order valence-electron chi connectivity index (χ4n) is 3.21. The minimum Gasteiger partial charge on any atom is -0.496 e. The molecule has 4 rings (SSSR count). The molecule has 3 heterocycles. The first-order valence-corrected chi connectivity index (χ1v) is 7.23. The average molecular weight is 334 g/mol. The lowest BCUT2D eigenvalue weighted by Gasteiger charge is -2.31. The second kappa shape index (κ2) is 4.86. The van der Waals surface area contributed by atoms with Crippen molar-refractivity contribution in [2.75, 3.05) is 7.11 Å². The van der Waals surface area contributed by atoms with Gasteiger partial charge < -0.3 is 22.3 Å². The van der Waals surface area contributed by atoms with E-state index < -0.39 is 18.6 Å². The third-order valence-electron chi connectivity index (χ3n) is 4.27. The number of benzene rings is 1. The molecule has 0 atom stereocenters. The van der Waals surface area contributed by atoms with Gasteiger partial charge in [-0.1, -0.05) is 0 Å². The molecule has 122 valence electrons. The van der Waals surface area contributed by atoms with E-state index in [2.05, 4.69) is 0 Å². The van der Waals surface area contributed by atoms with Crippen molar-refractivity contribution in [3.8, 4) is 5.75 Å². The van der Waals surface area contributed by atoms with Crippen LogP contribution in [0.25, 0.3) is 5.57 Å². The van der Waals surface area contributed by atoms with Gasteiger partial charge in [-0.05, 0) is 30.5 Å². The van der Waals surface area contributed by atoms with Crippen LogP contribution in [0.15, 0.2) is 48.3 Å². The lowest BCUT2D eigenvalue weighted by atomic mass is 9.86. The highest BCUT2D eigenvalue weighted by molar-refractivity contribution is 6.57. The number of nitrogens with zero attached hydrogens (tertiary/aromatic N) is 2. The first-order valence-electron chi connectivity index (χ1n) is 7.23. The van der Waals surface area contributed by atoms with Crippen molar-refractivity contribution in [2.24, 2.45) is 0 Å². The van der Waals surface area contributed by atoms with E-state index in [1.807, 2.05) is 0 Å². The summed E-state index contributed by atoms with van der Waals surface area (Å²) in [6, 6.07) is 5.11. The van der Waals surface area contributed by atoms with Crippen LogP contribution in [-0.4, -0.2) is 29.3 Å². The van der Waals surface area contributed by atoms with Gasteiger partial charge in [0, 0.05) is 17.8 Å². The van der Waals surface area contributed by atoms with Crippen LogP contribution in [0.3, 0.4) is 0 Å². The minimum atomic E-state index is -4.09. The molecule has 0 radical (unpaired) electrons. The Labute approximate surface area is 134 Å². The van der Waals surface area contributed by atoms with E-state index >= 15 is 0 Å². The van der Waals surface area contributed by atoms with Crippen LogP contribution < -0.4 is 4.74 Å². The molecular formula is C16H11BF4N2O. The SMILES string of the molecule is COc1ccc(F)c(F)c1C1=C2C=CC=[N+]2[B-](F)(F)n2cccc21. The Kier molecular flexibility index (Phi) is 3.00. The number of allylic oxidation sites excluding steroid dienone is 2. The molecular weight excluding hydrogens is 323 g/mol. The van der Waals surface area contributed by atoms with Gasteiger partial charge >= 0.3 is 6.97 Å². The highest BCUT2D eigenvalue weighted by Gasteiger charge is 2.52. The van der Waals surface area contributed by atoms with Gasteiger partial charge in [0.1, 0.15) is 12.0 Å². The number of halogens is 4. The third-order valence-corrected chi connectivity index (χ3v) is 4.27. The van der Waals surface area contributed by atoms with Crippen molar-refractivity contribution in [3.05, 3.63) is 71.2 Å². The second-order valence-electron chi connectivity index (χ2n) is 5.50. The Hall–Kier alpha value is -2.77. The normalized spacial score (nSPS) is 17.6. The van der Waals surface area contributed by atoms with E-state index in [0.29, 0.717) is 0 Å². The van der Waals surface area contributed by atoms with Crippen molar-refractivity contribution in [2.45, 2.75) is 0 Å². The molecule has 0 N–H and O–H groups in total. The zero-order valence-electron chi connectivity index (χ0n) is 12.5. The highest BCUT2D eigenvalue weighted by atomic mass is 19.2. The topological polar surface area (TPSA) is 17.2 Å². The Balaban J connectivity index is 2.12. The van der Waals surface area contributed by atoms with Crippen molar-refractivity contribution < 1.29 is 26.6 Å². The molecule has 0 spiro atoms. The van der Waals surface area contributed by atoms with Gasteiger partial charge in [0.25, 0.3) is 0 Å². The Bertz CT molecular complexity index is 959. The van der Waals surface area contributed by atoms with Gasteiger partial charge in [0.15, 0.2) is 17.3 Å². The Morgan fingerprint density at radius 2 is 1.96 bits per heavy atom. The van der Waals surface area contributed by atoms with E-state index in [4.69, 9.17) is 4.74 Å². The van der Waals surface area contributed by atoms with E-state index in [0.717, 1.165) is 15.0 Å². The predicted octanol–water partition coefficient (Wildman–Crippen LogP) is 3.42. The summed E-state index contributed by atoms with van der Waals surface area (Å²) >= 11 is 0. The molecule has 0 bridgehead atoms. The second-order valence-corrected chi connectivity index (χ2v) is 5.50. The maximum Gasteiger partial charge on any atom is 0.737 e. The van der Waals surface area contributed by atoms with Gasteiger partial charge in [-0.25, -0.2) is 8.78 Å². The fourth-order valence-corrected chi connectivity index (χ4v) is 3.21. The summed E-state index contributed by atoms with van der Waals surface area (Å²) in [6.07, 6.45) is 5.34. The number of hydrogen-bond acceptors (Lipinski definition) is 1. The van der Waals surface area contributed by atoms with Crippen LogP contribution in [0, 0.1) is 11.6 Å². The van der Waals surface area contributed by atoms with Gasteiger partial charge in [-0.3, -0.25) is 0 Å². The maximum absolute atomic E-state index is 14.7. The number of ether oxygens (including phenoxy) is 1. The summed E-state index contributed by atoms with van der Waals surface area (Å²) < 4.78 is 64.4. The molecule has 0 unspecified atom stereocenters. The molecule has 3 nitrogen and oxygen atoms in total. The molecule has 0 fully saturated rings. The number of rotatable bonds is 2. The smallest absolute Gasteiger partial charge is 0.496 e. The van der Waals surface area contributed by atoms with Gasteiger partial charge in [0.05, 0.1) is 18.2 Å². The van der Waals surface area contributed by atoms with E-state index in [1.165, 1.54) is 49.9 Å². The van der Waals surface area contributed by atoms with Crippen LogP contribution in [0.5, 0.6) is 5.75 Å². The van der Waals surface area contributed by atoms with E-state index in [9.17, 15) is 17.4 Å². The molecule has 0 amide bonds. The van der Waals surface area contributed by atoms with Crippen LogP contribution >= 0.6 is 0 Å². The first kappa shape index (κ1) is 14.8. The Morgan fingerprint density at radius 1 is 1.17 bits per heavy atom. The number of aromatic nitrogens is 1. The first-order chi connectivity index (χ1) is 11.5. The van der Waals surface area contributed by atoms with Crippen molar-refractivity contribution in [1.29, 1.82) is 0 Å². The van der Waals surface area contributed by atoms with Crippen LogP contribution in [-0.2, 0) is 0 Å². The predicted molar refractivity (Wildman–Crippen MR) is 82.2 cm³/mol. The summed E-state index contributed by atoms with van der Waals surface area (Å²) in [7, 11) is 1.32. The number of fused-ring (bicyclic) bond motifs is 2. The summed E-state index contributed by atoms with van der Waals surface area (Å²) in [4.78, 5) is 0. The molecule has 0 saturated carbocycles. The van der Waals surface area contributed by atoms with E-state index in [1.54, 1.807) is 0 Å². The standard InChI is InChI=1S/C16H11BF4N2O/c1-24-13-7-6-10(18)16(19)15(13)14-11-4-2-8-22(11)17(20,21)23-9-3-5-12(14)23/h2-9H,1H3. The summed E-state index contributed by atoms with van der Waals surface area (Å²) in [5.74, 6) is -2.14. The lowest BCUT2D eigenvalue weighted by Crippen LogP contribution is -2.49. The van der Waals surface area contributed by atoms with Gasteiger partial charge in [-0.15, -0.1) is 0 Å². The van der Waals surface area contributed by atoms with Crippen LogP contribution in [0.1, 0.15) is 11.3 Å². The van der Waals surface area contributed by atoms with Crippen LogP contribution in [0.2, 0.25) is 0 Å². The van der Waals surface area contributed by atoms with Gasteiger partial charge in [0.2, 0.25) is 0 Å². The van der Waals surface area contributed by atoms with Gasteiger partial charge in [-0.2, -0.15) is 0 Å². The summed E-state index contributed by atoms with van der Waals surface area (Å²) in [5, 5.41) is 0. The largest absolute Gasteiger partial charge is 0.737 e. The Morgan fingerprint density at radius 3 is 2.71 bits per heavy atom. The van der Waals surface area contributed by atoms with Crippen molar-refractivity contribution in [1.82, 2.24) is 4.48 Å². The molecule has 1 aromatic heterocycles. The van der Waals surface area contributed by atoms with Crippen LogP contribution in [0.4, 0.5) is 17.4 Å². The zero-order chi connectivity index (χ0) is 17.1. The zero-order valence-corrected chi connectivity index (χ0v) is 12.5. The van der Waals surface area contributed by atoms with E-state index in [-0.39, 0.29) is 28.3 Å². The molecule has 1 aromatic carbocycles. The summed E-state index contributed by atoms with van der Waals surface area (Å²) in [6.45, 7) is -4.09. The molecule has 8 heteroatoms. The molecule has 2 aliphatic rings. The quantitative estimate of drug-likeness (QED) is 0.608. The molecule has 24 heavy (non-hydrogen) atoms. The van der Waals surface area contributed by atoms with Crippen molar-refractivity contribution >= 4 is 18.8 Å². The van der Waals surface area contributed by atoms with Crippen molar-refractivity contribution in [3.63, 3.8) is 0 Å². The average Bonchev–Trinajstić information content (AvgIpc) is 3.22. The molecule has 2 aliphatic heterocycles. The third kappa shape index (κ3) is 1.76. The molecule has 2 aromatic rings. The monoisotopic (exact) mass is 334 g/mol. The highest BCUT2D eigenvalue weighted by Crippen LogP contribution is 2.42. The lowest BCUT2D eigenvalue weighted by molar-refractivity contribution is -0.356. The molecule has 0 aliphatic carbocycles. The minimum absolute atomic E-state index is 0.0714. The maximum atomic E-state index is 14.7. The number of methoxy groups -OCH3 is 1. The molecule has 0 saturated heterocycles. The fraction of sp³-hybridized carbons (Fsp3) is 0.0625. The summed E-state index contributed by atoms with van der Waals surface area (Å²) in [5.41, 5.74) is 0.193. The number of hydrogen-bond donors (Lipinski definition) is 0.